The molecule has 1 N–H and O–H groups in total. The lowest BCUT2D eigenvalue weighted by Crippen LogP contribution is -2.73. The first kappa shape index (κ1) is 12.9. The quantitative estimate of drug-likeness (QED) is 0.760. The van der Waals surface area contributed by atoms with Gasteiger partial charge in [0.2, 0.25) is 0 Å². The molecule has 4 aliphatic rings. The van der Waals surface area contributed by atoms with Gasteiger partial charge in [-0.1, -0.05) is 0 Å². The Kier molecular flexibility index (Phi) is 2.98. The van der Waals surface area contributed by atoms with Crippen LogP contribution in [0.1, 0.15) is 33.6 Å². The van der Waals surface area contributed by atoms with Crippen molar-refractivity contribution in [2.75, 3.05) is 26.3 Å². The highest BCUT2D eigenvalue weighted by atomic mass is 16.5. The number of fused-ring (bicyclic) bond motifs is 3. The van der Waals surface area contributed by atoms with E-state index in [0.717, 1.165) is 39.1 Å². The molecular formula is C14H25NO3. The highest BCUT2D eigenvalue weighted by Crippen LogP contribution is 2.51. The largest absolute Gasteiger partial charge is 0.391 e. The Balaban J connectivity index is 1.87. The van der Waals surface area contributed by atoms with E-state index in [1.165, 1.54) is 0 Å². The summed E-state index contributed by atoms with van der Waals surface area (Å²) in [6.45, 7) is 9.78. The van der Waals surface area contributed by atoms with Crippen molar-refractivity contribution in [1.29, 1.82) is 0 Å². The fourth-order valence-electron chi connectivity index (χ4n) is 4.35. The number of nitrogens with zero attached hydrogens (tertiary/aromatic N) is 1. The molecule has 3 saturated heterocycles. The molecule has 18 heavy (non-hydrogen) atoms. The molecule has 104 valence electrons. The second-order valence-electron chi connectivity index (χ2n) is 6.75. The number of ether oxygens (including phenoxy) is 2. The summed E-state index contributed by atoms with van der Waals surface area (Å²) in [7, 11) is 0. The van der Waals surface area contributed by atoms with Crippen LogP contribution in [0.3, 0.4) is 0 Å². The number of rotatable bonds is 1. The zero-order valence-electron chi connectivity index (χ0n) is 11.7. The molecule has 4 nitrogen and oxygen atoms in total. The van der Waals surface area contributed by atoms with Crippen LogP contribution in [0.15, 0.2) is 0 Å². The molecule has 4 atom stereocenters. The van der Waals surface area contributed by atoms with Crippen LogP contribution in [0.4, 0.5) is 0 Å². The van der Waals surface area contributed by atoms with Crippen molar-refractivity contribution >= 4 is 0 Å². The van der Waals surface area contributed by atoms with E-state index >= 15 is 0 Å². The number of hydrogen-bond acceptors (Lipinski definition) is 4. The van der Waals surface area contributed by atoms with Gasteiger partial charge in [0, 0.05) is 19.0 Å². The third kappa shape index (κ3) is 1.82. The minimum atomic E-state index is -0.273. The zero-order chi connectivity index (χ0) is 13.0. The summed E-state index contributed by atoms with van der Waals surface area (Å²) in [6.07, 6.45) is 1.86. The van der Waals surface area contributed by atoms with Crippen molar-refractivity contribution in [2.24, 2.45) is 5.92 Å². The van der Waals surface area contributed by atoms with Crippen molar-refractivity contribution in [1.82, 2.24) is 4.90 Å². The maximum Gasteiger partial charge on any atom is 0.0841 e. The van der Waals surface area contributed by atoms with Crippen LogP contribution in [0.5, 0.6) is 0 Å². The second kappa shape index (κ2) is 4.17. The summed E-state index contributed by atoms with van der Waals surface area (Å²) < 4.78 is 11.8. The fourth-order valence-corrected chi connectivity index (χ4v) is 4.35. The monoisotopic (exact) mass is 255 g/mol. The Bertz CT molecular complexity index is 327. The van der Waals surface area contributed by atoms with Gasteiger partial charge in [-0.15, -0.1) is 0 Å². The van der Waals surface area contributed by atoms with Gasteiger partial charge in [-0.2, -0.15) is 0 Å². The van der Waals surface area contributed by atoms with Crippen molar-refractivity contribution in [2.45, 2.75) is 57.0 Å². The van der Waals surface area contributed by atoms with Gasteiger partial charge in [0.25, 0.3) is 0 Å². The van der Waals surface area contributed by atoms with Crippen molar-refractivity contribution in [3.8, 4) is 0 Å². The van der Waals surface area contributed by atoms with Gasteiger partial charge in [-0.05, 0) is 33.6 Å². The molecule has 2 bridgehead atoms. The van der Waals surface area contributed by atoms with E-state index in [9.17, 15) is 5.11 Å². The molecule has 3 aliphatic heterocycles. The van der Waals surface area contributed by atoms with Crippen molar-refractivity contribution in [3.63, 3.8) is 0 Å². The SMILES string of the molecule is CC1(C)O[C@@]2(C)CC[C@H]1[C@@H](O)[C@H]2N1CCOCC1. The average molecular weight is 255 g/mol. The van der Waals surface area contributed by atoms with E-state index in [1.807, 2.05) is 0 Å². The molecule has 1 saturated carbocycles. The molecular weight excluding hydrogens is 230 g/mol. The van der Waals surface area contributed by atoms with Crippen LogP contribution < -0.4 is 0 Å². The lowest BCUT2D eigenvalue weighted by atomic mass is 9.64. The summed E-state index contributed by atoms with van der Waals surface area (Å²) in [5.41, 5.74) is -0.412. The molecule has 0 aromatic heterocycles. The van der Waals surface area contributed by atoms with Crippen molar-refractivity contribution in [3.05, 3.63) is 0 Å². The molecule has 0 aromatic carbocycles. The van der Waals surface area contributed by atoms with Gasteiger partial charge < -0.3 is 14.6 Å². The molecule has 3 heterocycles. The number of aliphatic hydroxyl groups is 1. The van der Waals surface area contributed by atoms with E-state index in [2.05, 4.69) is 25.7 Å². The predicted molar refractivity (Wildman–Crippen MR) is 68.5 cm³/mol. The topological polar surface area (TPSA) is 41.9 Å². The molecule has 0 spiro atoms. The Morgan fingerprint density at radius 2 is 1.83 bits per heavy atom. The maximum absolute atomic E-state index is 10.7. The molecule has 4 fully saturated rings. The average Bonchev–Trinajstić information content (AvgIpc) is 2.27. The van der Waals surface area contributed by atoms with Gasteiger partial charge in [0.05, 0.1) is 36.6 Å². The van der Waals surface area contributed by atoms with E-state index in [4.69, 9.17) is 9.47 Å². The fraction of sp³-hybridized carbons (Fsp3) is 1.00. The van der Waals surface area contributed by atoms with Crippen LogP contribution in [0, 0.1) is 5.92 Å². The van der Waals surface area contributed by atoms with Crippen LogP contribution >= 0.6 is 0 Å². The summed E-state index contributed by atoms with van der Waals surface area (Å²) in [5, 5.41) is 10.7. The molecule has 0 aromatic rings. The van der Waals surface area contributed by atoms with Crippen molar-refractivity contribution < 1.29 is 14.6 Å². The molecule has 0 unspecified atom stereocenters. The van der Waals surface area contributed by atoms with Gasteiger partial charge in [-0.25, -0.2) is 0 Å². The van der Waals surface area contributed by atoms with Crippen LogP contribution in [0.25, 0.3) is 0 Å². The number of hydrogen-bond donors (Lipinski definition) is 1. The van der Waals surface area contributed by atoms with Gasteiger partial charge in [0.1, 0.15) is 0 Å². The highest BCUT2D eigenvalue weighted by molar-refractivity contribution is 5.11. The summed E-state index contributed by atoms with van der Waals surface area (Å²) in [5.74, 6) is 0.257. The molecule has 4 rings (SSSR count). The first-order chi connectivity index (χ1) is 8.44. The second-order valence-corrected chi connectivity index (χ2v) is 6.75. The first-order valence-corrected chi connectivity index (χ1v) is 7.14. The molecule has 0 amide bonds. The van der Waals surface area contributed by atoms with Gasteiger partial charge in [0.15, 0.2) is 0 Å². The van der Waals surface area contributed by atoms with Gasteiger partial charge in [-0.3, -0.25) is 4.90 Å². The van der Waals surface area contributed by atoms with Gasteiger partial charge >= 0.3 is 0 Å². The molecule has 0 radical (unpaired) electrons. The predicted octanol–water partition coefficient (Wildman–Crippen LogP) is 1.03. The Morgan fingerprint density at radius 1 is 1.17 bits per heavy atom. The minimum absolute atomic E-state index is 0.133. The summed E-state index contributed by atoms with van der Waals surface area (Å²) in [6, 6.07) is 0.133. The minimum Gasteiger partial charge on any atom is -0.391 e. The zero-order valence-corrected chi connectivity index (χ0v) is 11.7. The standard InChI is InChI=1S/C14H25NO3/c1-13(2)10-4-5-14(3,18-13)12(11(10)16)15-6-8-17-9-7-15/h10-12,16H,4-9H2,1-3H3/t10-,11+,12+,14-/m0/s1. The van der Waals surface area contributed by atoms with E-state index in [-0.39, 0.29) is 29.3 Å². The van der Waals surface area contributed by atoms with Crippen LogP contribution in [-0.2, 0) is 9.47 Å². The van der Waals surface area contributed by atoms with Crippen LogP contribution in [0.2, 0.25) is 0 Å². The normalized spacial score (nSPS) is 48.3. The smallest absolute Gasteiger partial charge is 0.0841 e. The maximum atomic E-state index is 10.7. The highest BCUT2D eigenvalue weighted by Gasteiger charge is 2.60. The third-order valence-electron chi connectivity index (χ3n) is 5.14. The number of aliphatic hydroxyl groups excluding tert-OH is 1. The van der Waals surface area contributed by atoms with E-state index < -0.39 is 0 Å². The van der Waals surface area contributed by atoms with Crippen LogP contribution in [-0.4, -0.2) is 59.7 Å². The Labute approximate surface area is 109 Å². The van der Waals surface area contributed by atoms with E-state index in [1.54, 1.807) is 0 Å². The third-order valence-corrected chi connectivity index (χ3v) is 5.14. The lowest BCUT2D eigenvalue weighted by Gasteiger charge is -2.62. The summed E-state index contributed by atoms with van der Waals surface area (Å²) >= 11 is 0. The lowest BCUT2D eigenvalue weighted by molar-refractivity contribution is -0.298. The molecule has 1 aliphatic carbocycles. The summed E-state index contributed by atoms with van der Waals surface area (Å²) in [4.78, 5) is 2.37. The Hall–Kier alpha value is -0.160. The number of morpholine rings is 1. The Morgan fingerprint density at radius 3 is 2.39 bits per heavy atom. The first-order valence-electron chi connectivity index (χ1n) is 7.14. The molecule has 4 heteroatoms. The van der Waals surface area contributed by atoms with E-state index in [0.29, 0.717) is 0 Å².